The predicted molar refractivity (Wildman–Crippen MR) is 202 cm³/mol. The van der Waals surface area contributed by atoms with E-state index in [1.54, 1.807) is 0 Å². The van der Waals surface area contributed by atoms with Gasteiger partial charge in [0.15, 0.2) is 11.9 Å². The molecule has 0 aliphatic heterocycles. The Bertz CT molecular complexity index is 1580. The van der Waals surface area contributed by atoms with E-state index in [1.807, 2.05) is 36.4 Å². The van der Waals surface area contributed by atoms with Crippen molar-refractivity contribution in [2.45, 2.75) is 82.8 Å². The molecule has 3 aromatic carbocycles. The molecule has 50 heavy (non-hydrogen) atoms. The van der Waals surface area contributed by atoms with Crippen LogP contribution in [0.15, 0.2) is 76.7 Å². The van der Waals surface area contributed by atoms with Gasteiger partial charge in [-0.15, -0.1) is 0 Å². The molecule has 0 aliphatic rings. The zero-order valence-corrected chi connectivity index (χ0v) is 29.1. The molecule has 0 heterocycles. The molecule has 0 unspecified atom stereocenters. The van der Waals surface area contributed by atoms with Crippen LogP contribution in [-0.4, -0.2) is 67.4 Å². The van der Waals surface area contributed by atoms with Crippen LogP contribution in [0.2, 0.25) is 0 Å². The molecule has 0 radical (unpaired) electrons. The van der Waals surface area contributed by atoms with Crippen LogP contribution in [0, 0.1) is 0 Å². The number of carbonyl (C=O) groups excluding carboxylic acids is 3. The third kappa shape index (κ3) is 13.7. The van der Waals surface area contributed by atoms with E-state index in [2.05, 4.69) is 63.2 Å². The van der Waals surface area contributed by atoms with E-state index >= 15 is 0 Å². The SMILES string of the molecule is CCCCCCNC(=O)[C@H](CCCN=C(N)N)NC(=O)[C@H](Cc1ccc(-c2ccc3ccccc3c2)cc1)NC(=O)[C@@H](N)CCCN=C(N)N. The molecular weight excluding hydrogens is 632 g/mol. The molecule has 3 rings (SSSR count). The molecule has 0 aliphatic carbocycles. The molecular formula is C37H54N10O3. The molecule has 0 bridgehead atoms. The maximum Gasteiger partial charge on any atom is 0.243 e. The minimum absolute atomic E-state index is 0.0377. The predicted octanol–water partition coefficient (Wildman–Crippen LogP) is 2.15. The lowest BCUT2D eigenvalue weighted by molar-refractivity contribution is -0.132. The summed E-state index contributed by atoms with van der Waals surface area (Å²) < 4.78 is 0. The van der Waals surface area contributed by atoms with Gasteiger partial charge in [0.25, 0.3) is 0 Å². The molecule has 13 heteroatoms. The van der Waals surface area contributed by atoms with Crippen molar-refractivity contribution in [2.75, 3.05) is 19.6 Å². The minimum Gasteiger partial charge on any atom is -0.370 e. The Hall–Kier alpha value is -5.17. The zero-order valence-electron chi connectivity index (χ0n) is 29.1. The van der Waals surface area contributed by atoms with Gasteiger partial charge in [-0.05, 0) is 65.6 Å². The number of rotatable bonds is 21. The normalized spacial score (nSPS) is 12.7. The molecule has 3 aromatic rings. The monoisotopic (exact) mass is 686 g/mol. The lowest BCUT2D eigenvalue weighted by atomic mass is 9.98. The molecule has 3 atom stereocenters. The van der Waals surface area contributed by atoms with E-state index in [0.717, 1.165) is 53.1 Å². The minimum atomic E-state index is -1.00. The number of hydrogen-bond donors (Lipinski definition) is 8. The molecule has 0 saturated carbocycles. The largest absolute Gasteiger partial charge is 0.370 e. The number of nitrogens with one attached hydrogen (secondary N) is 3. The van der Waals surface area contributed by atoms with Crippen LogP contribution in [0.25, 0.3) is 21.9 Å². The molecule has 3 amide bonds. The van der Waals surface area contributed by atoms with Gasteiger partial charge in [0, 0.05) is 26.1 Å². The van der Waals surface area contributed by atoms with E-state index in [-0.39, 0.29) is 24.2 Å². The lowest BCUT2D eigenvalue weighted by Gasteiger charge is -2.24. The number of unbranched alkanes of at least 4 members (excludes halogenated alkanes) is 3. The average Bonchev–Trinajstić information content (AvgIpc) is 3.10. The van der Waals surface area contributed by atoms with Crippen molar-refractivity contribution in [2.24, 2.45) is 38.7 Å². The van der Waals surface area contributed by atoms with Gasteiger partial charge in [0.2, 0.25) is 17.7 Å². The van der Waals surface area contributed by atoms with Crippen LogP contribution >= 0.6 is 0 Å². The van der Waals surface area contributed by atoms with Gasteiger partial charge in [-0.1, -0.05) is 86.8 Å². The van der Waals surface area contributed by atoms with Crippen molar-refractivity contribution >= 4 is 40.4 Å². The van der Waals surface area contributed by atoms with Crippen LogP contribution in [0.5, 0.6) is 0 Å². The summed E-state index contributed by atoms with van der Waals surface area (Å²) >= 11 is 0. The Labute approximate surface area is 294 Å². The molecule has 270 valence electrons. The summed E-state index contributed by atoms with van der Waals surface area (Å²) in [4.78, 5) is 48.3. The molecule has 13 nitrogen and oxygen atoms in total. The highest BCUT2D eigenvalue weighted by atomic mass is 16.2. The van der Waals surface area contributed by atoms with Crippen molar-refractivity contribution in [3.8, 4) is 11.1 Å². The van der Waals surface area contributed by atoms with Gasteiger partial charge in [-0.2, -0.15) is 0 Å². The van der Waals surface area contributed by atoms with Crippen LogP contribution in [0.3, 0.4) is 0 Å². The van der Waals surface area contributed by atoms with E-state index in [0.29, 0.717) is 45.3 Å². The summed E-state index contributed by atoms with van der Waals surface area (Å²) in [5.41, 5.74) is 30.8. The Kier molecular flexibility index (Phi) is 16.5. The smallest absolute Gasteiger partial charge is 0.243 e. The Morgan fingerprint density at radius 3 is 1.94 bits per heavy atom. The Balaban J connectivity index is 1.78. The summed E-state index contributed by atoms with van der Waals surface area (Å²) in [6.45, 7) is 3.25. The van der Waals surface area contributed by atoms with Crippen molar-refractivity contribution in [3.63, 3.8) is 0 Å². The van der Waals surface area contributed by atoms with Crippen LogP contribution < -0.4 is 44.6 Å². The first-order valence-corrected chi connectivity index (χ1v) is 17.4. The molecule has 0 saturated heterocycles. The first-order chi connectivity index (χ1) is 24.1. The second-order valence-corrected chi connectivity index (χ2v) is 12.4. The number of nitrogens with zero attached hydrogens (tertiary/aromatic N) is 2. The highest BCUT2D eigenvalue weighted by Crippen LogP contribution is 2.25. The topological polar surface area (TPSA) is 242 Å². The fraction of sp³-hybridized carbons (Fsp3) is 0.432. The lowest BCUT2D eigenvalue weighted by Crippen LogP contribution is -2.56. The first-order valence-electron chi connectivity index (χ1n) is 17.4. The van der Waals surface area contributed by atoms with Gasteiger partial charge in [-0.25, -0.2) is 0 Å². The number of fused-ring (bicyclic) bond motifs is 1. The van der Waals surface area contributed by atoms with Crippen molar-refractivity contribution in [1.82, 2.24) is 16.0 Å². The second-order valence-electron chi connectivity index (χ2n) is 12.4. The highest BCUT2D eigenvalue weighted by molar-refractivity contribution is 5.93. The number of benzene rings is 3. The highest BCUT2D eigenvalue weighted by Gasteiger charge is 2.28. The van der Waals surface area contributed by atoms with Crippen LogP contribution in [0.1, 0.15) is 63.9 Å². The number of guanidine groups is 2. The quantitative estimate of drug-likeness (QED) is 0.0468. The van der Waals surface area contributed by atoms with Crippen molar-refractivity contribution in [3.05, 3.63) is 72.3 Å². The third-order valence-corrected chi connectivity index (χ3v) is 8.32. The van der Waals surface area contributed by atoms with Crippen LogP contribution in [-0.2, 0) is 20.8 Å². The third-order valence-electron chi connectivity index (χ3n) is 8.32. The summed E-state index contributed by atoms with van der Waals surface area (Å²) in [6, 6.07) is 19.6. The first kappa shape index (κ1) is 39.3. The number of aliphatic imine (C=N–C) groups is 2. The van der Waals surface area contributed by atoms with E-state index in [9.17, 15) is 14.4 Å². The Morgan fingerprint density at radius 2 is 1.28 bits per heavy atom. The van der Waals surface area contributed by atoms with E-state index in [4.69, 9.17) is 28.7 Å². The molecule has 0 fully saturated rings. The van der Waals surface area contributed by atoms with Gasteiger partial charge in [-0.3, -0.25) is 24.4 Å². The number of carbonyl (C=O) groups is 3. The summed E-state index contributed by atoms with van der Waals surface area (Å²) in [5, 5.41) is 10.9. The molecule has 0 aromatic heterocycles. The second kappa shape index (κ2) is 21.0. The van der Waals surface area contributed by atoms with Crippen molar-refractivity contribution < 1.29 is 14.4 Å². The van der Waals surface area contributed by atoms with Gasteiger partial charge >= 0.3 is 0 Å². The number of nitrogens with two attached hydrogens (primary N) is 5. The van der Waals surface area contributed by atoms with Gasteiger partial charge in [0.1, 0.15) is 12.1 Å². The average molecular weight is 687 g/mol. The van der Waals surface area contributed by atoms with Gasteiger partial charge in [0.05, 0.1) is 6.04 Å². The fourth-order valence-corrected chi connectivity index (χ4v) is 5.51. The zero-order chi connectivity index (χ0) is 36.3. The fourth-order valence-electron chi connectivity index (χ4n) is 5.51. The summed E-state index contributed by atoms with van der Waals surface area (Å²) in [6.07, 6.45) is 5.72. The van der Waals surface area contributed by atoms with Crippen LogP contribution in [0.4, 0.5) is 0 Å². The molecule has 0 spiro atoms. The summed E-state index contributed by atoms with van der Waals surface area (Å²) in [7, 11) is 0. The molecule has 13 N–H and O–H groups in total. The standard InChI is InChI=1S/C37H54N10O3/c1-2-3-4-7-20-43-34(49)31(13-9-22-45-37(41)42)46-35(50)32(47-33(48)30(38)12-8-21-44-36(39)40)23-25-14-16-27(17-15-25)29-19-18-26-10-5-6-11-28(26)24-29/h5-6,10-11,14-19,24,30-32H,2-4,7-9,12-13,20-23,38H2,1H3,(H,43,49)(H,46,50)(H,47,48)(H4,39,40,44)(H4,41,42,45)/t30-,31-,32-/m0/s1. The maximum absolute atomic E-state index is 13.9. The number of amides is 3. The maximum atomic E-state index is 13.9. The van der Waals surface area contributed by atoms with E-state index in [1.165, 1.54) is 0 Å². The van der Waals surface area contributed by atoms with Gasteiger partial charge < -0.3 is 44.6 Å². The summed E-state index contributed by atoms with van der Waals surface area (Å²) in [5.74, 6) is -1.38. The Morgan fingerprint density at radius 1 is 0.660 bits per heavy atom. The van der Waals surface area contributed by atoms with Crippen molar-refractivity contribution in [1.29, 1.82) is 0 Å². The number of hydrogen-bond acceptors (Lipinski definition) is 6. The van der Waals surface area contributed by atoms with E-state index < -0.39 is 29.9 Å².